The summed E-state index contributed by atoms with van der Waals surface area (Å²) >= 11 is 0. The van der Waals surface area contributed by atoms with E-state index < -0.39 is 0 Å². The number of benzene rings is 1. The van der Waals surface area contributed by atoms with Gasteiger partial charge in [-0.05, 0) is 18.4 Å². The molecule has 0 radical (unpaired) electrons. The molecule has 0 amide bonds. The van der Waals surface area contributed by atoms with Crippen LogP contribution in [-0.2, 0) is 5.54 Å². The minimum Gasteiger partial charge on any atom is -0.395 e. The van der Waals surface area contributed by atoms with E-state index in [-0.39, 0.29) is 12.1 Å². The maximum absolute atomic E-state index is 9.11. The summed E-state index contributed by atoms with van der Waals surface area (Å²) in [4.78, 5) is 5.12. The first-order valence-electron chi connectivity index (χ1n) is 8.49. The van der Waals surface area contributed by atoms with Crippen LogP contribution in [0, 0.1) is 0 Å². The van der Waals surface area contributed by atoms with Crippen LogP contribution in [-0.4, -0.2) is 54.2 Å². The number of aliphatic hydroxyl groups is 1. The molecule has 1 saturated heterocycles. The molecule has 1 N–H and O–H groups in total. The SMILES string of the molecule is OCCN1CCN(C2(c3ccccc3)CCCCC2)CC1. The van der Waals surface area contributed by atoms with Gasteiger partial charge in [0, 0.05) is 38.3 Å². The van der Waals surface area contributed by atoms with Gasteiger partial charge in [0.25, 0.3) is 0 Å². The summed E-state index contributed by atoms with van der Waals surface area (Å²) in [5.41, 5.74) is 1.78. The maximum atomic E-state index is 9.11. The lowest BCUT2D eigenvalue weighted by atomic mass is 9.75. The van der Waals surface area contributed by atoms with Gasteiger partial charge in [-0.15, -0.1) is 0 Å². The van der Waals surface area contributed by atoms with Crippen LogP contribution in [0.3, 0.4) is 0 Å². The lowest BCUT2D eigenvalue weighted by Gasteiger charge is -2.50. The molecule has 0 spiro atoms. The molecule has 0 aromatic heterocycles. The van der Waals surface area contributed by atoms with E-state index in [1.165, 1.54) is 37.7 Å². The minimum atomic E-state index is 0.269. The zero-order chi connectivity index (χ0) is 14.5. The Balaban J connectivity index is 1.77. The van der Waals surface area contributed by atoms with Gasteiger partial charge in [0.15, 0.2) is 0 Å². The van der Waals surface area contributed by atoms with Crippen molar-refractivity contribution in [3.63, 3.8) is 0 Å². The van der Waals surface area contributed by atoms with Crippen LogP contribution >= 0.6 is 0 Å². The zero-order valence-electron chi connectivity index (χ0n) is 13.0. The van der Waals surface area contributed by atoms with Gasteiger partial charge in [-0.3, -0.25) is 9.80 Å². The lowest BCUT2D eigenvalue weighted by molar-refractivity contribution is 0.00102. The van der Waals surface area contributed by atoms with Gasteiger partial charge < -0.3 is 5.11 Å². The predicted octanol–water partition coefficient (Wildman–Crippen LogP) is 2.46. The van der Waals surface area contributed by atoms with Crippen molar-refractivity contribution in [2.24, 2.45) is 0 Å². The van der Waals surface area contributed by atoms with E-state index in [2.05, 4.69) is 40.1 Å². The smallest absolute Gasteiger partial charge is 0.0558 e. The number of nitrogens with zero attached hydrogens (tertiary/aromatic N) is 2. The van der Waals surface area contributed by atoms with E-state index in [0.29, 0.717) is 0 Å². The van der Waals surface area contributed by atoms with Gasteiger partial charge in [0.05, 0.1) is 6.61 Å². The van der Waals surface area contributed by atoms with Crippen LogP contribution in [0.2, 0.25) is 0 Å². The first-order valence-corrected chi connectivity index (χ1v) is 8.49. The Morgan fingerprint density at radius 3 is 2.19 bits per heavy atom. The minimum absolute atomic E-state index is 0.269. The molecule has 2 fully saturated rings. The molecular weight excluding hydrogens is 260 g/mol. The maximum Gasteiger partial charge on any atom is 0.0558 e. The van der Waals surface area contributed by atoms with Crippen molar-refractivity contribution in [1.82, 2.24) is 9.80 Å². The van der Waals surface area contributed by atoms with E-state index in [1.807, 2.05) is 0 Å². The monoisotopic (exact) mass is 288 g/mol. The number of aliphatic hydroxyl groups excluding tert-OH is 1. The molecule has 3 heteroatoms. The first kappa shape index (κ1) is 15.0. The quantitative estimate of drug-likeness (QED) is 0.922. The zero-order valence-corrected chi connectivity index (χ0v) is 13.0. The summed E-state index contributed by atoms with van der Waals surface area (Å²) in [5.74, 6) is 0. The van der Waals surface area contributed by atoms with Gasteiger partial charge in [-0.2, -0.15) is 0 Å². The average molecular weight is 288 g/mol. The van der Waals surface area contributed by atoms with Crippen molar-refractivity contribution in [1.29, 1.82) is 0 Å². The second-order valence-corrected chi connectivity index (χ2v) is 6.51. The molecule has 0 atom stereocenters. The van der Waals surface area contributed by atoms with E-state index in [4.69, 9.17) is 5.11 Å². The molecular formula is C18H28N2O. The number of hydrogen-bond donors (Lipinski definition) is 1. The number of β-amino-alcohol motifs (C(OH)–C–C–N with tert-alkyl or cyclic N) is 1. The fourth-order valence-electron chi connectivity index (χ4n) is 4.21. The van der Waals surface area contributed by atoms with Gasteiger partial charge in [-0.25, -0.2) is 0 Å². The molecule has 21 heavy (non-hydrogen) atoms. The second-order valence-electron chi connectivity index (χ2n) is 6.51. The molecule has 0 bridgehead atoms. The molecule has 1 aliphatic carbocycles. The molecule has 116 valence electrons. The van der Waals surface area contributed by atoms with Crippen molar-refractivity contribution in [2.45, 2.75) is 37.6 Å². The Bertz CT molecular complexity index is 420. The second kappa shape index (κ2) is 6.91. The Kier molecular flexibility index (Phi) is 4.94. The molecule has 1 aromatic carbocycles. The Morgan fingerprint density at radius 2 is 1.57 bits per heavy atom. The van der Waals surface area contributed by atoms with Crippen molar-refractivity contribution in [3.8, 4) is 0 Å². The molecule has 3 rings (SSSR count). The van der Waals surface area contributed by atoms with Crippen LogP contribution in [0.15, 0.2) is 30.3 Å². The Hall–Kier alpha value is -0.900. The normalized spacial score (nSPS) is 24.0. The molecule has 3 nitrogen and oxygen atoms in total. The summed E-state index contributed by atoms with van der Waals surface area (Å²) in [6.45, 7) is 5.56. The fraction of sp³-hybridized carbons (Fsp3) is 0.667. The third kappa shape index (κ3) is 3.15. The predicted molar refractivity (Wildman–Crippen MR) is 86.3 cm³/mol. The highest BCUT2D eigenvalue weighted by molar-refractivity contribution is 5.25. The summed E-state index contributed by atoms with van der Waals surface area (Å²) in [6.07, 6.45) is 6.70. The van der Waals surface area contributed by atoms with Crippen LogP contribution in [0.1, 0.15) is 37.7 Å². The Morgan fingerprint density at radius 1 is 0.905 bits per heavy atom. The van der Waals surface area contributed by atoms with Gasteiger partial charge in [0.1, 0.15) is 0 Å². The third-order valence-electron chi connectivity index (χ3n) is 5.39. The molecule has 1 aliphatic heterocycles. The summed E-state index contributed by atoms with van der Waals surface area (Å²) in [5, 5.41) is 9.11. The highest BCUT2D eigenvalue weighted by Crippen LogP contribution is 2.42. The summed E-state index contributed by atoms with van der Waals surface area (Å²) in [7, 11) is 0. The van der Waals surface area contributed by atoms with E-state index in [1.54, 1.807) is 0 Å². The van der Waals surface area contributed by atoms with Crippen molar-refractivity contribution in [3.05, 3.63) is 35.9 Å². The van der Waals surface area contributed by atoms with Crippen LogP contribution in [0.25, 0.3) is 0 Å². The molecule has 0 unspecified atom stereocenters. The van der Waals surface area contributed by atoms with Crippen LogP contribution < -0.4 is 0 Å². The van der Waals surface area contributed by atoms with E-state index in [0.717, 1.165) is 32.7 Å². The average Bonchev–Trinajstić information content (AvgIpc) is 2.57. The number of hydrogen-bond acceptors (Lipinski definition) is 3. The summed E-state index contributed by atoms with van der Waals surface area (Å²) < 4.78 is 0. The van der Waals surface area contributed by atoms with Gasteiger partial charge in [-0.1, -0.05) is 49.6 Å². The van der Waals surface area contributed by atoms with E-state index >= 15 is 0 Å². The lowest BCUT2D eigenvalue weighted by Crippen LogP contribution is -2.56. The molecule has 1 saturated carbocycles. The molecule has 2 aliphatic rings. The van der Waals surface area contributed by atoms with E-state index in [9.17, 15) is 0 Å². The highest BCUT2D eigenvalue weighted by Gasteiger charge is 2.40. The van der Waals surface area contributed by atoms with Gasteiger partial charge >= 0.3 is 0 Å². The third-order valence-corrected chi connectivity index (χ3v) is 5.39. The molecule has 1 aromatic rings. The standard InChI is InChI=1S/C18H28N2O/c21-16-15-19-11-13-20(14-12-19)18(9-5-2-6-10-18)17-7-3-1-4-8-17/h1,3-4,7-8,21H,2,5-6,9-16H2. The topological polar surface area (TPSA) is 26.7 Å². The van der Waals surface area contributed by atoms with Crippen molar-refractivity contribution in [2.75, 3.05) is 39.3 Å². The highest BCUT2D eigenvalue weighted by atomic mass is 16.3. The van der Waals surface area contributed by atoms with Crippen LogP contribution in [0.4, 0.5) is 0 Å². The largest absolute Gasteiger partial charge is 0.395 e. The first-order chi connectivity index (χ1) is 10.3. The number of piperazine rings is 1. The summed E-state index contributed by atoms with van der Waals surface area (Å²) in [6, 6.07) is 11.2. The van der Waals surface area contributed by atoms with Gasteiger partial charge in [0.2, 0.25) is 0 Å². The van der Waals surface area contributed by atoms with Crippen LogP contribution in [0.5, 0.6) is 0 Å². The Labute approximate surface area is 128 Å². The van der Waals surface area contributed by atoms with Crippen molar-refractivity contribution >= 4 is 0 Å². The fourth-order valence-corrected chi connectivity index (χ4v) is 4.21. The molecule has 1 heterocycles. The number of rotatable bonds is 4. The van der Waals surface area contributed by atoms with Crippen molar-refractivity contribution < 1.29 is 5.11 Å².